The molecule has 0 unspecified atom stereocenters. The van der Waals surface area contributed by atoms with E-state index in [1.165, 1.54) is 12.4 Å². The van der Waals surface area contributed by atoms with Crippen molar-refractivity contribution in [1.82, 2.24) is 15.3 Å². The van der Waals surface area contributed by atoms with Crippen molar-refractivity contribution < 1.29 is 14.3 Å². The van der Waals surface area contributed by atoms with E-state index in [2.05, 4.69) is 20.6 Å². The number of aromatic nitrogens is 2. The normalized spacial score (nSPS) is 11.5. The summed E-state index contributed by atoms with van der Waals surface area (Å²) in [5.74, 6) is 0.750. The fourth-order valence-corrected chi connectivity index (χ4v) is 2.88. The molecule has 0 saturated carbocycles. The van der Waals surface area contributed by atoms with Crippen LogP contribution >= 0.6 is 0 Å². The first-order valence-corrected chi connectivity index (χ1v) is 9.53. The fraction of sp³-hybridized carbons (Fsp3) is 0.217. The number of nitrogens with one attached hydrogen (secondary N) is 2. The van der Waals surface area contributed by atoms with Gasteiger partial charge < -0.3 is 15.4 Å². The van der Waals surface area contributed by atoms with Crippen LogP contribution in [-0.4, -0.2) is 28.9 Å². The molecule has 7 nitrogen and oxygen atoms in total. The molecule has 0 saturated heterocycles. The number of hydrogen-bond donors (Lipinski definition) is 2. The van der Waals surface area contributed by atoms with Gasteiger partial charge in [0.2, 0.25) is 0 Å². The first-order valence-electron chi connectivity index (χ1n) is 9.53. The largest absolute Gasteiger partial charge is 0.497 e. The molecule has 3 rings (SSSR count). The molecule has 0 aliphatic carbocycles. The van der Waals surface area contributed by atoms with Crippen LogP contribution in [0.15, 0.2) is 54.9 Å². The molecule has 2 N–H and O–H groups in total. The van der Waals surface area contributed by atoms with Crippen molar-refractivity contribution >= 4 is 17.5 Å². The van der Waals surface area contributed by atoms with Gasteiger partial charge in [-0.1, -0.05) is 18.2 Å². The van der Waals surface area contributed by atoms with Gasteiger partial charge in [-0.05, 0) is 56.2 Å². The number of nitrogens with zero attached hydrogens (tertiary/aromatic N) is 2. The van der Waals surface area contributed by atoms with E-state index in [0.29, 0.717) is 22.6 Å². The van der Waals surface area contributed by atoms with Crippen molar-refractivity contribution in [2.75, 3.05) is 12.4 Å². The summed E-state index contributed by atoms with van der Waals surface area (Å²) in [6.07, 6.45) is 2.94. The standard InChI is InChI=1S/C23H24N4O3/c1-14-8-9-18(11-21(14)27-23(29)19-12-24-16(3)25-13-19)22(28)26-15(2)17-6-5-7-20(10-17)30-4/h5-13,15H,1-4H3,(H,26,28)(H,27,29)/t15-/m0/s1. The Hall–Kier alpha value is -3.74. The Labute approximate surface area is 175 Å². The molecule has 2 aromatic carbocycles. The van der Waals surface area contributed by atoms with Gasteiger partial charge in [0.05, 0.1) is 18.7 Å². The summed E-state index contributed by atoms with van der Waals surface area (Å²) in [4.78, 5) is 33.3. The van der Waals surface area contributed by atoms with Crippen LogP contribution in [0, 0.1) is 13.8 Å². The van der Waals surface area contributed by atoms with E-state index >= 15 is 0 Å². The first kappa shape index (κ1) is 21.0. The third-order valence-electron chi connectivity index (χ3n) is 4.73. The third kappa shape index (κ3) is 5.00. The topological polar surface area (TPSA) is 93.2 Å². The lowest BCUT2D eigenvalue weighted by atomic mass is 10.1. The van der Waals surface area contributed by atoms with E-state index in [0.717, 1.165) is 16.9 Å². The van der Waals surface area contributed by atoms with Crippen molar-refractivity contribution in [3.63, 3.8) is 0 Å². The van der Waals surface area contributed by atoms with Crippen molar-refractivity contribution in [1.29, 1.82) is 0 Å². The quantitative estimate of drug-likeness (QED) is 0.651. The number of carbonyl (C=O) groups excluding carboxylic acids is 2. The predicted octanol–water partition coefficient (Wildman–Crippen LogP) is 3.85. The van der Waals surface area contributed by atoms with Gasteiger partial charge in [0.25, 0.3) is 11.8 Å². The maximum atomic E-state index is 12.8. The zero-order chi connectivity index (χ0) is 21.7. The molecule has 0 bridgehead atoms. The number of rotatable bonds is 6. The van der Waals surface area contributed by atoms with Crippen LogP contribution in [0.1, 0.15) is 50.6 Å². The molecule has 2 amide bonds. The summed E-state index contributed by atoms with van der Waals surface area (Å²) in [6, 6.07) is 12.5. The molecular weight excluding hydrogens is 380 g/mol. The highest BCUT2D eigenvalue weighted by Gasteiger charge is 2.15. The number of anilines is 1. The van der Waals surface area contributed by atoms with Crippen LogP contribution in [0.5, 0.6) is 5.75 Å². The average Bonchev–Trinajstić information content (AvgIpc) is 2.75. The van der Waals surface area contributed by atoms with E-state index in [-0.39, 0.29) is 17.9 Å². The zero-order valence-corrected chi connectivity index (χ0v) is 17.4. The summed E-state index contributed by atoms with van der Waals surface area (Å²) >= 11 is 0. The lowest BCUT2D eigenvalue weighted by molar-refractivity contribution is 0.0938. The number of carbonyl (C=O) groups is 2. The van der Waals surface area contributed by atoms with Crippen molar-refractivity contribution in [2.45, 2.75) is 26.8 Å². The van der Waals surface area contributed by atoms with Crippen molar-refractivity contribution in [3.05, 3.63) is 82.9 Å². The van der Waals surface area contributed by atoms with Crippen molar-refractivity contribution in [3.8, 4) is 5.75 Å². The summed E-state index contributed by atoms with van der Waals surface area (Å²) in [5.41, 5.74) is 3.13. The van der Waals surface area contributed by atoms with Gasteiger partial charge in [0.15, 0.2) is 0 Å². The lowest BCUT2D eigenvalue weighted by Gasteiger charge is -2.16. The van der Waals surface area contributed by atoms with Gasteiger partial charge >= 0.3 is 0 Å². The highest BCUT2D eigenvalue weighted by Crippen LogP contribution is 2.21. The highest BCUT2D eigenvalue weighted by molar-refractivity contribution is 6.05. The molecule has 30 heavy (non-hydrogen) atoms. The van der Waals surface area contributed by atoms with E-state index in [4.69, 9.17) is 4.74 Å². The van der Waals surface area contributed by atoms with Gasteiger partial charge in [-0.15, -0.1) is 0 Å². The summed E-state index contributed by atoms with van der Waals surface area (Å²) in [5, 5.41) is 5.80. The molecule has 1 atom stereocenters. The zero-order valence-electron chi connectivity index (χ0n) is 17.4. The molecular formula is C23H24N4O3. The molecule has 0 aliphatic heterocycles. The predicted molar refractivity (Wildman–Crippen MR) is 115 cm³/mol. The Kier molecular flexibility index (Phi) is 6.41. The molecule has 0 fully saturated rings. The summed E-state index contributed by atoms with van der Waals surface area (Å²) < 4.78 is 5.24. The second-order valence-corrected chi connectivity index (χ2v) is 6.97. The van der Waals surface area contributed by atoms with Crippen LogP contribution < -0.4 is 15.4 Å². The number of benzene rings is 2. The van der Waals surface area contributed by atoms with Crippen LogP contribution in [0.3, 0.4) is 0 Å². The molecule has 0 aliphatic rings. The second kappa shape index (κ2) is 9.17. The Morgan fingerprint density at radius 2 is 1.70 bits per heavy atom. The minimum absolute atomic E-state index is 0.211. The fourth-order valence-electron chi connectivity index (χ4n) is 2.88. The molecule has 154 valence electrons. The maximum Gasteiger partial charge on any atom is 0.258 e. The molecule has 3 aromatic rings. The number of methoxy groups -OCH3 is 1. The minimum atomic E-state index is -0.333. The maximum absolute atomic E-state index is 12.8. The van der Waals surface area contributed by atoms with E-state index in [1.54, 1.807) is 32.2 Å². The Morgan fingerprint density at radius 1 is 0.967 bits per heavy atom. The monoisotopic (exact) mass is 404 g/mol. The van der Waals surface area contributed by atoms with Gasteiger partial charge in [0.1, 0.15) is 11.6 Å². The van der Waals surface area contributed by atoms with Crippen LogP contribution in [0.2, 0.25) is 0 Å². The van der Waals surface area contributed by atoms with Gasteiger partial charge in [0, 0.05) is 23.6 Å². The number of ether oxygens (including phenoxy) is 1. The smallest absolute Gasteiger partial charge is 0.258 e. The molecule has 0 radical (unpaired) electrons. The summed E-state index contributed by atoms with van der Waals surface area (Å²) in [6.45, 7) is 5.52. The SMILES string of the molecule is COc1cccc([C@H](C)NC(=O)c2ccc(C)c(NC(=O)c3cnc(C)nc3)c2)c1. The molecule has 0 spiro atoms. The number of hydrogen-bond acceptors (Lipinski definition) is 5. The minimum Gasteiger partial charge on any atom is -0.497 e. The molecule has 7 heteroatoms. The van der Waals surface area contributed by atoms with Crippen LogP contribution in [0.25, 0.3) is 0 Å². The number of amides is 2. The second-order valence-electron chi connectivity index (χ2n) is 6.97. The van der Waals surface area contributed by atoms with Crippen LogP contribution in [0.4, 0.5) is 5.69 Å². The average molecular weight is 404 g/mol. The highest BCUT2D eigenvalue weighted by atomic mass is 16.5. The lowest BCUT2D eigenvalue weighted by Crippen LogP contribution is -2.27. The third-order valence-corrected chi connectivity index (χ3v) is 4.73. The van der Waals surface area contributed by atoms with Crippen molar-refractivity contribution in [2.24, 2.45) is 0 Å². The van der Waals surface area contributed by atoms with Gasteiger partial charge in [-0.25, -0.2) is 9.97 Å². The van der Waals surface area contributed by atoms with Crippen LogP contribution in [-0.2, 0) is 0 Å². The summed E-state index contributed by atoms with van der Waals surface area (Å²) in [7, 11) is 1.60. The Morgan fingerprint density at radius 3 is 2.40 bits per heavy atom. The molecule has 1 heterocycles. The van der Waals surface area contributed by atoms with E-state index in [1.807, 2.05) is 38.1 Å². The van der Waals surface area contributed by atoms with Gasteiger partial charge in [-0.3, -0.25) is 9.59 Å². The molecule has 1 aromatic heterocycles. The van der Waals surface area contributed by atoms with Gasteiger partial charge in [-0.2, -0.15) is 0 Å². The Balaban J connectivity index is 1.74. The van der Waals surface area contributed by atoms with E-state index < -0.39 is 0 Å². The first-order chi connectivity index (χ1) is 14.4. The number of aryl methyl sites for hydroxylation is 2. The van der Waals surface area contributed by atoms with E-state index in [9.17, 15) is 9.59 Å². The Bertz CT molecular complexity index is 1060.